The third-order valence-electron chi connectivity index (χ3n) is 2.99. The summed E-state index contributed by atoms with van der Waals surface area (Å²) in [6, 6.07) is 9.79. The third-order valence-corrected chi connectivity index (χ3v) is 3.69. The molecule has 0 aliphatic rings. The molecule has 106 valence electrons. The van der Waals surface area contributed by atoms with E-state index in [-0.39, 0.29) is 11.9 Å². The first kappa shape index (κ1) is 16.1. The Hall–Kier alpha value is -1.00. The van der Waals surface area contributed by atoms with Crippen molar-refractivity contribution in [2.75, 3.05) is 32.2 Å². The smallest absolute Gasteiger partial charge is 0.314 e. The van der Waals surface area contributed by atoms with Gasteiger partial charge in [0.05, 0.1) is 13.0 Å². The number of benzene rings is 1. The fraction of sp³-hybridized carbons (Fsp3) is 0.533. The van der Waals surface area contributed by atoms with Gasteiger partial charge >= 0.3 is 5.97 Å². The van der Waals surface area contributed by atoms with Gasteiger partial charge in [-0.1, -0.05) is 30.3 Å². The summed E-state index contributed by atoms with van der Waals surface area (Å²) in [6.07, 6.45) is 4.47. The van der Waals surface area contributed by atoms with E-state index in [1.165, 1.54) is 19.3 Å². The van der Waals surface area contributed by atoms with Crippen LogP contribution >= 0.6 is 11.8 Å². The van der Waals surface area contributed by atoms with E-state index in [0.717, 1.165) is 18.5 Å². The predicted octanol–water partition coefficient (Wildman–Crippen LogP) is 2.68. The Morgan fingerprint density at radius 3 is 2.68 bits per heavy atom. The molecule has 1 N–H and O–H groups in total. The number of carbonyl (C=O) groups excluding carboxylic acids is 1. The minimum Gasteiger partial charge on any atom is -0.469 e. The molecule has 0 saturated carbocycles. The molecule has 0 aliphatic carbocycles. The second-order valence-corrected chi connectivity index (χ2v) is 5.38. The SMILES string of the molecule is COC(=O)C(CNCCCCSC)c1ccccc1. The van der Waals surface area contributed by atoms with Gasteiger partial charge in [-0.2, -0.15) is 11.8 Å². The summed E-state index contributed by atoms with van der Waals surface area (Å²) in [5.74, 6) is 0.801. The molecular weight excluding hydrogens is 258 g/mol. The van der Waals surface area contributed by atoms with Crippen molar-refractivity contribution in [1.29, 1.82) is 0 Å². The van der Waals surface area contributed by atoms with Crippen LogP contribution in [0, 0.1) is 0 Å². The van der Waals surface area contributed by atoms with Crippen molar-refractivity contribution in [1.82, 2.24) is 5.32 Å². The molecule has 1 rings (SSSR count). The number of rotatable bonds is 9. The normalized spacial score (nSPS) is 12.1. The molecule has 0 spiro atoms. The van der Waals surface area contributed by atoms with Crippen molar-refractivity contribution in [2.24, 2.45) is 0 Å². The number of hydrogen-bond acceptors (Lipinski definition) is 4. The lowest BCUT2D eigenvalue weighted by Crippen LogP contribution is -2.28. The zero-order valence-electron chi connectivity index (χ0n) is 11.7. The van der Waals surface area contributed by atoms with Crippen LogP contribution in [-0.2, 0) is 9.53 Å². The number of esters is 1. The molecule has 0 saturated heterocycles. The molecule has 0 radical (unpaired) electrons. The van der Waals surface area contributed by atoms with E-state index >= 15 is 0 Å². The lowest BCUT2D eigenvalue weighted by atomic mass is 9.99. The second kappa shape index (κ2) is 9.87. The number of carbonyl (C=O) groups is 1. The number of unbranched alkanes of at least 4 members (excludes halogenated alkanes) is 1. The van der Waals surface area contributed by atoms with E-state index < -0.39 is 0 Å². The highest BCUT2D eigenvalue weighted by molar-refractivity contribution is 7.98. The van der Waals surface area contributed by atoms with Crippen molar-refractivity contribution in [2.45, 2.75) is 18.8 Å². The summed E-state index contributed by atoms with van der Waals surface area (Å²) in [5.41, 5.74) is 1.01. The van der Waals surface area contributed by atoms with Crippen LogP contribution in [0.3, 0.4) is 0 Å². The average molecular weight is 281 g/mol. The molecule has 1 atom stereocenters. The van der Waals surface area contributed by atoms with Crippen LogP contribution in [0.15, 0.2) is 30.3 Å². The van der Waals surface area contributed by atoms with Crippen LogP contribution in [0.2, 0.25) is 0 Å². The van der Waals surface area contributed by atoms with E-state index in [1.807, 2.05) is 42.1 Å². The monoisotopic (exact) mass is 281 g/mol. The molecule has 0 aliphatic heterocycles. The molecule has 4 heteroatoms. The molecule has 0 heterocycles. The van der Waals surface area contributed by atoms with Crippen LogP contribution in [0.5, 0.6) is 0 Å². The number of thioether (sulfide) groups is 1. The zero-order chi connectivity index (χ0) is 13.9. The first-order valence-electron chi connectivity index (χ1n) is 6.62. The first-order chi connectivity index (χ1) is 9.29. The molecule has 1 aromatic rings. The highest BCUT2D eigenvalue weighted by Crippen LogP contribution is 2.16. The molecular formula is C15H23NO2S. The van der Waals surface area contributed by atoms with Crippen LogP contribution in [0.4, 0.5) is 0 Å². The summed E-state index contributed by atoms with van der Waals surface area (Å²) in [4.78, 5) is 11.8. The Bertz CT molecular complexity index is 356. The third kappa shape index (κ3) is 6.12. The highest BCUT2D eigenvalue weighted by Gasteiger charge is 2.20. The summed E-state index contributed by atoms with van der Waals surface area (Å²) in [6.45, 7) is 1.58. The molecule has 1 aromatic carbocycles. The molecule has 3 nitrogen and oxygen atoms in total. The van der Waals surface area contributed by atoms with Crippen LogP contribution in [0.1, 0.15) is 24.3 Å². The fourth-order valence-electron chi connectivity index (χ4n) is 1.91. The Balaban J connectivity index is 2.41. The fourth-order valence-corrected chi connectivity index (χ4v) is 2.40. The van der Waals surface area contributed by atoms with Gasteiger partial charge in [0, 0.05) is 6.54 Å². The predicted molar refractivity (Wildman–Crippen MR) is 81.7 cm³/mol. The second-order valence-electron chi connectivity index (χ2n) is 4.39. The Morgan fingerprint density at radius 2 is 2.05 bits per heavy atom. The van der Waals surface area contributed by atoms with Crippen molar-refractivity contribution < 1.29 is 9.53 Å². The topological polar surface area (TPSA) is 38.3 Å². The van der Waals surface area contributed by atoms with Crippen molar-refractivity contribution in [3.63, 3.8) is 0 Å². The van der Waals surface area contributed by atoms with Crippen molar-refractivity contribution >= 4 is 17.7 Å². The maximum absolute atomic E-state index is 11.8. The molecule has 1 unspecified atom stereocenters. The molecule has 0 aromatic heterocycles. The highest BCUT2D eigenvalue weighted by atomic mass is 32.2. The summed E-state index contributed by atoms with van der Waals surface area (Å²) in [7, 11) is 1.44. The maximum Gasteiger partial charge on any atom is 0.314 e. The molecule has 0 fully saturated rings. The van der Waals surface area contributed by atoms with Gasteiger partial charge in [0.25, 0.3) is 0 Å². The number of methoxy groups -OCH3 is 1. The van der Waals surface area contributed by atoms with Gasteiger partial charge in [-0.3, -0.25) is 4.79 Å². The van der Waals surface area contributed by atoms with Gasteiger partial charge in [-0.25, -0.2) is 0 Å². The lowest BCUT2D eigenvalue weighted by Gasteiger charge is -2.15. The van der Waals surface area contributed by atoms with Gasteiger partial charge in [0.2, 0.25) is 0 Å². The summed E-state index contributed by atoms with van der Waals surface area (Å²) < 4.78 is 4.88. The van der Waals surface area contributed by atoms with E-state index in [2.05, 4.69) is 11.6 Å². The van der Waals surface area contributed by atoms with E-state index in [0.29, 0.717) is 6.54 Å². The largest absolute Gasteiger partial charge is 0.469 e. The maximum atomic E-state index is 11.8. The summed E-state index contributed by atoms with van der Waals surface area (Å²) in [5, 5.41) is 3.35. The number of nitrogens with one attached hydrogen (secondary N) is 1. The van der Waals surface area contributed by atoms with Gasteiger partial charge in [0.15, 0.2) is 0 Å². The lowest BCUT2D eigenvalue weighted by molar-refractivity contribution is -0.142. The van der Waals surface area contributed by atoms with Gasteiger partial charge < -0.3 is 10.1 Å². The van der Waals surface area contributed by atoms with Crippen molar-refractivity contribution in [3.8, 4) is 0 Å². The Labute approximate surface area is 120 Å². The van der Waals surface area contributed by atoms with E-state index in [1.54, 1.807) is 0 Å². The van der Waals surface area contributed by atoms with Crippen LogP contribution in [-0.4, -0.2) is 38.2 Å². The van der Waals surface area contributed by atoms with Gasteiger partial charge in [0.1, 0.15) is 0 Å². The molecule has 19 heavy (non-hydrogen) atoms. The van der Waals surface area contributed by atoms with Crippen LogP contribution in [0.25, 0.3) is 0 Å². The Morgan fingerprint density at radius 1 is 1.32 bits per heavy atom. The van der Waals surface area contributed by atoms with E-state index in [9.17, 15) is 4.79 Å². The number of ether oxygens (including phenoxy) is 1. The van der Waals surface area contributed by atoms with E-state index in [4.69, 9.17) is 4.74 Å². The Kier molecular flexibility index (Phi) is 8.34. The first-order valence-corrected chi connectivity index (χ1v) is 8.01. The van der Waals surface area contributed by atoms with Gasteiger partial charge in [-0.05, 0) is 37.0 Å². The standard InChI is InChI=1S/C15H23NO2S/c1-18-15(17)14(13-8-4-3-5-9-13)12-16-10-6-7-11-19-2/h3-5,8-9,14,16H,6-7,10-12H2,1-2H3. The molecule has 0 amide bonds. The van der Waals surface area contributed by atoms with Gasteiger partial charge in [-0.15, -0.1) is 0 Å². The quantitative estimate of drug-likeness (QED) is 0.558. The van der Waals surface area contributed by atoms with Crippen LogP contribution < -0.4 is 5.32 Å². The van der Waals surface area contributed by atoms with Crippen molar-refractivity contribution in [3.05, 3.63) is 35.9 Å². The molecule has 0 bridgehead atoms. The zero-order valence-corrected chi connectivity index (χ0v) is 12.5. The summed E-state index contributed by atoms with van der Waals surface area (Å²) >= 11 is 1.87. The minimum atomic E-state index is -0.216. The minimum absolute atomic E-state index is 0.178. The number of hydrogen-bond donors (Lipinski definition) is 1. The average Bonchev–Trinajstić information content (AvgIpc) is 2.47.